The lowest BCUT2D eigenvalue weighted by molar-refractivity contribution is -0.148. The summed E-state index contributed by atoms with van der Waals surface area (Å²) in [4.78, 5) is 39.0. The quantitative estimate of drug-likeness (QED) is 0.643. The van der Waals surface area contributed by atoms with Gasteiger partial charge in [0.05, 0.1) is 13.2 Å². The summed E-state index contributed by atoms with van der Waals surface area (Å²) in [6.07, 6.45) is 0. The van der Waals surface area contributed by atoms with Crippen molar-refractivity contribution in [1.82, 2.24) is 15.5 Å². The molecule has 0 saturated heterocycles. The number of esters is 1. The Labute approximate surface area is 174 Å². The number of amides is 2. The van der Waals surface area contributed by atoms with Gasteiger partial charge in [-0.2, -0.15) is 0 Å². The molecule has 29 heavy (non-hydrogen) atoms. The highest BCUT2D eigenvalue weighted by Gasteiger charge is 2.40. The largest absolute Gasteiger partial charge is 0.468 e. The maximum Gasteiger partial charge on any atom is 0.325 e. The third kappa shape index (κ3) is 6.29. The number of methoxy groups -OCH3 is 1. The van der Waals surface area contributed by atoms with Crippen molar-refractivity contribution in [1.29, 1.82) is 0 Å². The van der Waals surface area contributed by atoms with Crippen molar-refractivity contribution < 1.29 is 19.1 Å². The summed E-state index contributed by atoms with van der Waals surface area (Å²) in [6.45, 7) is 9.42. The van der Waals surface area contributed by atoms with Crippen molar-refractivity contribution in [3.63, 3.8) is 0 Å². The average molecular weight is 406 g/mol. The first kappa shape index (κ1) is 24.6. The van der Waals surface area contributed by atoms with Crippen LogP contribution in [0.3, 0.4) is 0 Å². The molecule has 0 aromatic heterocycles. The van der Waals surface area contributed by atoms with Crippen LogP contribution in [0.1, 0.15) is 40.2 Å². The third-order valence-electron chi connectivity index (χ3n) is 5.16. The zero-order valence-corrected chi connectivity index (χ0v) is 18.8. The van der Waals surface area contributed by atoms with E-state index in [0.29, 0.717) is 0 Å². The number of hydrogen-bond donors (Lipinski definition) is 2. The molecule has 2 amide bonds. The lowest BCUT2D eigenvalue weighted by atomic mass is 9.76. The number of nitrogens with zero attached hydrogens (tertiary/aromatic N) is 1. The normalized spacial score (nSPS) is 13.9. The van der Waals surface area contributed by atoms with Gasteiger partial charge < -0.3 is 20.3 Å². The summed E-state index contributed by atoms with van der Waals surface area (Å²) in [7, 11) is 4.52. The Bertz CT molecular complexity index is 711. The molecule has 1 aromatic rings. The van der Waals surface area contributed by atoms with Gasteiger partial charge in [0.1, 0.15) is 12.6 Å². The summed E-state index contributed by atoms with van der Waals surface area (Å²) in [6, 6.07) is 8.40. The fraction of sp³-hybridized carbons (Fsp3) is 0.591. The predicted octanol–water partition coefficient (Wildman–Crippen LogP) is 1.71. The fourth-order valence-electron chi connectivity index (χ4n) is 3.28. The van der Waals surface area contributed by atoms with Gasteiger partial charge in [-0.15, -0.1) is 0 Å². The summed E-state index contributed by atoms with van der Waals surface area (Å²) < 4.78 is 4.64. The van der Waals surface area contributed by atoms with E-state index in [2.05, 4.69) is 15.4 Å². The Kier molecular flexibility index (Phi) is 8.38. The van der Waals surface area contributed by atoms with Crippen LogP contribution >= 0.6 is 0 Å². The van der Waals surface area contributed by atoms with Gasteiger partial charge in [0, 0.05) is 12.5 Å². The van der Waals surface area contributed by atoms with E-state index >= 15 is 0 Å². The van der Waals surface area contributed by atoms with Crippen LogP contribution < -0.4 is 10.6 Å². The first-order valence-corrected chi connectivity index (χ1v) is 9.71. The van der Waals surface area contributed by atoms with Gasteiger partial charge in [0.2, 0.25) is 11.8 Å². The van der Waals surface area contributed by atoms with Crippen LogP contribution in [0.15, 0.2) is 30.3 Å². The zero-order valence-electron chi connectivity index (χ0n) is 18.8. The van der Waals surface area contributed by atoms with Gasteiger partial charge >= 0.3 is 5.97 Å². The van der Waals surface area contributed by atoms with E-state index in [1.807, 2.05) is 65.0 Å². The fourth-order valence-corrected chi connectivity index (χ4v) is 3.28. The number of rotatable bonds is 8. The second-order valence-electron chi connectivity index (χ2n) is 8.89. The number of benzene rings is 1. The number of carbonyl (C=O) groups is 3. The van der Waals surface area contributed by atoms with Gasteiger partial charge in [-0.25, -0.2) is 0 Å². The molecule has 2 atom stereocenters. The van der Waals surface area contributed by atoms with E-state index in [1.165, 1.54) is 19.1 Å². The van der Waals surface area contributed by atoms with Crippen molar-refractivity contribution in [3.8, 4) is 0 Å². The van der Waals surface area contributed by atoms with E-state index in [9.17, 15) is 14.4 Å². The first-order valence-electron chi connectivity index (χ1n) is 9.71. The van der Waals surface area contributed by atoms with E-state index in [1.54, 1.807) is 7.05 Å². The van der Waals surface area contributed by atoms with Gasteiger partial charge in [-0.3, -0.25) is 14.4 Å². The summed E-state index contributed by atoms with van der Waals surface area (Å²) >= 11 is 0. The predicted molar refractivity (Wildman–Crippen MR) is 113 cm³/mol. The molecule has 0 aliphatic heterocycles. The van der Waals surface area contributed by atoms with Gasteiger partial charge in [-0.05, 0) is 18.0 Å². The first-order chi connectivity index (χ1) is 13.4. The maximum absolute atomic E-state index is 13.2. The van der Waals surface area contributed by atoms with Crippen molar-refractivity contribution in [2.24, 2.45) is 5.41 Å². The average Bonchev–Trinajstić information content (AvgIpc) is 2.65. The molecule has 1 aromatic carbocycles. The van der Waals surface area contributed by atoms with Crippen LogP contribution in [0.25, 0.3) is 0 Å². The lowest BCUT2D eigenvalue weighted by Crippen LogP contribution is -2.61. The van der Waals surface area contributed by atoms with Gasteiger partial charge in [0.25, 0.3) is 0 Å². The molecule has 7 nitrogen and oxygen atoms in total. The van der Waals surface area contributed by atoms with Crippen molar-refractivity contribution in [2.75, 3.05) is 27.7 Å². The number of nitrogens with one attached hydrogen (secondary N) is 2. The van der Waals surface area contributed by atoms with E-state index in [0.717, 1.165) is 5.56 Å². The molecule has 0 fully saturated rings. The van der Waals surface area contributed by atoms with Crippen LogP contribution in [0, 0.1) is 5.41 Å². The maximum atomic E-state index is 13.2. The van der Waals surface area contributed by atoms with E-state index < -0.39 is 28.9 Å². The number of ether oxygens (including phenoxy) is 1. The molecule has 7 heteroatoms. The standard InChI is InChI=1S/C22H35N3O4/c1-21(2,3)18(20(28)25(7)14-16(26)29-8)24-19(27)17(23-6)22(4,5)15-12-10-9-11-13-15/h9-13,17-18,23H,14H2,1-8H3,(H,24,27). The molecule has 0 radical (unpaired) electrons. The van der Waals surface area contributed by atoms with Gasteiger partial charge in [-0.1, -0.05) is 65.0 Å². The van der Waals surface area contributed by atoms with E-state index in [-0.39, 0.29) is 18.4 Å². The minimum Gasteiger partial charge on any atom is -0.468 e. The van der Waals surface area contributed by atoms with Gasteiger partial charge in [0.15, 0.2) is 0 Å². The Morgan fingerprint density at radius 1 is 1.03 bits per heavy atom. The van der Waals surface area contributed by atoms with Crippen molar-refractivity contribution in [2.45, 2.75) is 52.1 Å². The van der Waals surface area contributed by atoms with Crippen LogP contribution in [0.5, 0.6) is 0 Å². The molecular formula is C22H35N3O4. The summed E-state index contributed by atoms with van der Waals surface area (Å²) in [5.41, 5.74) is -0.0496. The molecule has 1 rings (SSSR count). The highest BCUT2D eigenvalue weighted by Crippen LogP contribution is 2.28. The van der Waals surface area contributed by atoms with Crippen molar-refractivity contribution in [3.05, 3.63) is 35.9 Å². The molecule has 0 aliphatic carbocycles. The Balaban J connectivity index is 3.10. The molecule has 0 aliphatic rings. The van der Waals surface area contributed by atoms with Crippen molar-refractivity contribution >= 4 is 17.8 Å². The number of hydrogen-bond acceptors (Lipinski definition) is 5. The second kappa shape index (κ2) is 9.87. The molecule has 0 bridgehead atoms. The molecule has 2 unspecified atom stereocenters. The Morgan fingerprint density at radius 2 is 1.59 bits per heavy atom. The number of carbonyl (C=O) groups excluding carboxylic acids is 3. The second-order valence-corrected chi connectivity index (χ2v) is 8.89. The molecule has 0 heterocycles. The highest BCUT2D eigenvalue weighted by molar-refractivity contribution is 5.92. The summed E-state index contributed by atoms with van der Waals surface area (Å²) in [5, 5.41) is 6.01. The van der Waals surface area contributed by atoms with E-state index in [4.69, 9.17) is 0 Å². The molecule has 0 spiro atoms. The van der Waals surface area contributed by atoms with Crippen LogP contribution in [0.4, 0.5) is 0 Å². The minimum absolute atomic E-state index is 0.178. The molecule has 0 saturated carbocycles. The zero-order chi connectivity index (χ0) is 22.4. The summed E-state index contributed by atoms with van der Waals surface area (Å²) in [5.74, 6) is -1.14. The monoisotopic (exact) mass is 405 g/mol. The number of likely N-dealkylation sites (N-methyl/N-ethyl adjacent to an activating group) is 2. The van der Waals surface area contributed by atoms with Crippen LogP contribution in [-0.2, 0) is 24.5 Å². The lowest BCUT2D eigenvalue weighted by Gasteiger charge is -2.38. The molecule has 2 N–H and O–H groups in total. The van der Waals surface area contributed by atoms with Crippen LogP contribution in [-0.4, -0.2) is 62.5 Å². The Morgan fingerprint density at radius 3 is 2.03 bits per heavy atom. The Hall–Kier alpha value is -2.41. The smallest absolute Gasteiger partial charge is 0.325 e. The topological polar surface area (TPSA) is 87.7 Å². The third-order valence-corrected chi connectivity index (χ3v) is 5.16. The van der Waals surface area contributed by atoms with Crippen LogP contribution in [0.2, 0.25) is 0 Å². The molecular weight excluding hydrogens is 370 g/mol. The highest BCUT2D eigenvalue weighted by atomic mass is 16.5. The minimum atomic E-state index is -0.799. The molecule has 162 valence electrons. The SMILES string of the molecule is CNC(C(=O)NC(C(=O)N(C)CC(=O)OC)C(C)(C)C)C(C)(C)c1ccccc1.